The fraction of sp³-hybridized carbons (Fsp3) is 0.659. The summed E-state index contributed by atoms with van der Waals surface area (Å²) in [5, 5.41) is 22.4. The summed E-state index contributed by atoms with van der Waals surface area (Å²) >= 11 is 0. The molecule has 0 spiro atoms. The first kappa shape index (κ1) is 37.3. The van der Waals surface area contributed by atoms with Gasteiger partial charge in [-0.05, 0) is 122 Å². The van der Waals surface area contributed by atoms with Gasteiger partial charge in [-0.1, -0.05) is 75.4 Å². The second-order valence-corrected chi connectivity index (χ2v) is 18.3. The first-order valence-electron chi connectivity index (χ1n) is 20.7. The molecule has 12 atom stereocenters. The SMILES string of the molecule is C[C@H]1[C@H]2[C@H](C[C@H]3[C@@H]4CC[C@@H]5C[C@@H](OCc6ccccc6)CC[C@]5(C)[C@H]4CC[C@]23C)O[C@@H]1CC[C@H](C)C(=O)NCc1cn(Cc2ccc([N+](=O)[O-])cc2)nn1. The molecule has 1 amide bonds. The molecule has 0 unspecified atom stereocenters. The lowest BCUT2D eigenvalue weighted by Crippen LogP contribution is -2.54. The molecule has 1 aromatic heterocycles. The van der Waals surface area contributed by atoms with E-state index in [2.05, 4.69) is 66.7 Å². The third kappa shape index (κ3) is 7.13. The minimum Gasteiger partial charge on any atom is -0.374 e. The number of hydrogen-bond acceptors (Lipinski definition) is 7. The summed E-state index contributed by atoms with van der Waals surface area (Å²) in [6.45, 7) is 11.2. The minimum absolute atomic E-state index is 0.0250. The van der Waals surface area contributed by atoms with Gasteiger partial charge in [0, 0.05) is 18.1 Å². The van der Waals surface area contributed by atoms with E-state index >= 15 is 0 Å². The molecular weight excluding hydrogens is 679 g/mol. The van der Waals surface area contributed by atoms with Crippen LogP contribution in [0.2, 0.25) is 0 Å². The number of amides is 1. The van der Waals surface area contributed by atoms with Crippen LogP contribution in [0.4, 0.5) is 5.69 Å². The average Bonchev–Trinajstić information content (AvgIpc) is 3.85. The number of hydrogen-bond donors (Lipinski definition) is 1. The Morgan fingerprint density at radius 1 is 1.02 bits per heavy atom. The molecule has 3 aromatic rings. The Balaban J connectivity index is 0.802. The van der Waals surface area contributed by atoms with E-state index in [1.54, 1.807) is 23.0 Å². The van der Waals surface area contributed by atoms with Gasteiger partial charge in [-0.25, -0.2) is 4.68 Å². The molecule has 1 N–H and O–H groups in total. The van der Waals surface area contributed by atoms with E-state index in [-0.39, 0.29) is 23.6 Å². The summed E-state index contributed by atoms with van der Waals surface area (Å²) in [5.74, 6) is 4.21. The molecule has 290 valence electrons. The highest BCUT2D eigenvalue weighted by atomic mass is 16.6. The van der Waals surface area contributed by atoms with Gasteiger partial charge in [0.25, 0.3) is 5.69 Å². The van der Waals surface area contributed by atoms with Gasteiger partial charge in [0.2, 0.25) is 5.91 Å². The third-order valence-corrected chi connectivity index (χ3v) is 15.4. The van der Waals surface area contributed by atoms with Crippen LogP contribution in [0.15, 0.2) is 60.8 Å². The number of non-ortho nitro benzene ring substituents is 1. The number of nitro groups is 1. The highest BCUT2D eigenvalue weighted by Gasteiger charge is 2.65. The number of aromatic nitrogens is 3. The van der Waals surface area contributed by atoms with Crippen molar-refractivity contribution in [3.8, 4) is 0 Å². The minimum atomic E-state index is -0.410. The Labute approximate surface area is 320 Å². The molecule has 2 heterocycles. The Kier molecular flexibility index (Phi) is 10.5. The molecule has 0 bridgehead atoms. The molecule has 4 aliphatic carbocycles. The standard InChI is InChI=1S/C44H59N5O5/c1-28(42(50)45-24-33-26-48(47-46-33)25-30-11-14-34(15-12-30)49(51)52)10-17-39-29(2)41-40(54-39)23-38-36-16-13-32-22-35(53-27-31-8-6-5-7-9-31)18-20-43(32,3)37(36)19-21-44(38,41)4/h5-9,11-12,14-15,26,28-29,32,35-41H,10,13,16-25,27H2,1-4H3,(H,45,50)/t28-,29+,32+,35-,36+,37-,38-,39+,40-,41-,43-,44-/m0/s1. The summed E-state index contributed by atoms with van der Waals surface area (Å²) in [5.41, 5.74) is 3.69. The van der Waals surface area contributed by atoms with E-state index in [0.29, 0.717) is 53.7 Å². The first-order chi connectivity index (χ1) is 26.0. The van der Waals surface area contributed by atoms with E-state index in [4.69, 9.17) is 9.47 Å². The van der Waals surface area contributed by atoms with Crippen molar-refractivity contribution in [2.24, 2.45) is 52.3 Å². The van der Waals surface area contributed by atoms with Crippen molar-refractivity contribution in [3.63, 3.8) is 0 Å². The van der Waals surface area contributed by atoms with E-state index < -0.39 is 4.92 Å². The Morgan fingerprint density at radius 3 is 2.57 bits per heavy atom. The fourth-order valence-electron chi connectivity index (χ4n) is 12.5. The average molecular weight is 738 g/mol. The maximum atomic E-state index is 13.1. The van der Waals surface area contributed by atoms with Gasteiger partial charge in [-0.3, -0.25) is 14.9 Å². The number of fused-ring (bicyclic) bond motifs is 7. The predicted octanol–water partition coefficient (Wildman–Crippen LogP) is 8.52. The summed E-state index contributed by atoms with van der Waals surface area (Å²) in [7, 11) is 0. The van der Waals surface area contributed by atoms with Gasteiger partial charge >= 0.3 is 0 Å². The summed E-state index contributed by atoms with van der Waals surface area (Å²) in [4.78, 5) is 23.6. The quantitative estimate of drug-likeness (QED) is 0.146. The van der Waals surface area contributed by atoms with E-state index in [0.717, 1.165) is 48.7 Å². The molecule has 4 saturated carbocycles. The number of nitro benzene ring substituents is 1. The van der Waals surface area contributed by atoms with E-state index in [1.807, 2.05) is 6.92 Å². The molecule has 54 heavy (non-hydrogen) atoms. The fourth-order valence-corrected chi connectivity index (χ4v) is 12.5. The van der Waals surface area contributed by atoms with E-state index in [1.165, 1.54) is 69.1 Å². The van der Waals surface area contributed by atoms with Gasteiger partial charge in [0.1, 0.15) is 5.69 Å². The molecule has 0 radical (unpaired) electrons. The second kappa shape index (κ2) is 15.1. The Morgan fingerprint density at radius 2 is 1.80 bits per heavy atom. The lowest BCUT2D eigenvalue weighted by molar-refractivity contribution is -0.384. The number of ether oxygens (including phenoxy) is 2. The van der Waals surface area contributed by atoms with Crippen molar-refractivity contribution in [1.29, 1.82) is 0 Å². The number of benzene rings is 2. The zero-order valence-electron chi connectivity index (χ0n) is 32.6. The van der Waals surface area contributed by atoms with Crippen LogP contribution in [-0.4, -0.2) is 44.1 Å². The number of nitrogens with zero attached hydrogens (tertiary/aromatic N) is 4. The highest BCUT2D eigenvalue weighted by Crippen LogP contribution is 2.70. The van der Waals surface area contributed by atoms with Crippen LogP contribution in [0.5, 0.6) is 0 Å². The number of rotatable bonds is 12. The number of carbonyl (C=O) groups excluding carboxylic acids is 1. The second-order valence-electron chi connectivity index (χ2n) is 18.3. The summed E-state index contributed by atoms with van der Waals surface area (Å²) in [6.07, 6.45) is 14.8. The van der Waals surface area contributed by atoms with Gasteiger partial charge in [0.15, 0.2) is 0 Å². The van der Waals surface area contributed by atoms with Gasteiger partial charge in [-0.15, -0.1) is 5.10 Å². The van der Waals surface area contributed by atoms with Crippen LogP contribution < -0.4 is 5.32 Å². The van der Waals surface area contributed by atoms with Crippen LogP contribution in [0, 0.1) is 62.4 Å². The van der Waals surface area contributed by atoms with Crippen LogP contribution in [0.1, 0.15) is 109 Å². The van der Waals surface area contributed by atoms with Gasteiger partial charge in [-0.2, -0.15) is 0 Å². The van der Waals surface area contributed by atoms with Crippen molar-refractivity contribution >= 4 is 11.6 Å². The molecule has 10 nitrogen and oxygen atoms in total. The number of nitrogens with one attached hydrogen (secondary N) is 1. The highest BCUT2D eigenvalue weighted by molar-refractivity contribution is 5.78. The lowest BCUT2D eigenvalue weighted by atomic mass is 9.44. The zero-order chi connectivity index (χ0) is 37.6. The van der Waals surface area contributed by atoms with Crippen molar-refractivity contribution in [1.82, 2.24) is 20.3 Å². The van der Waals surface area contributed by atoms with E-state index in [9.17, 15) is 14.9 Å². The van der Waals surface area contributed by atoms with Crippen molar-refractivity contribution in [2.75, 3.05) is 0 Å². The largest absolute Gasteiger partial charge is 0.374 e. The summed E-state index contributed by atoms with van der Waals surface area (Å²) in [6, 6.07) is 17.1. The smallest absolute Gasteiger partial charge is 0.269 e. The lowest BCUT2D eigenvalue weighted by Gasteiger charge is -2.61. The van der Waals surface area contributed by atoms with Crippen molar-refractivity contribution < 1.29 is 19.2 Å². The molecule has 10 heteroatoms. The normalized spacial score (nSPS) is 36.0. The molecule has 5 fully saturated rings. The molecule has 1 aliphatic heterocycles. The maximum Gasteiger partial charge on any atom is 0.269 e. The first-order valence-corrected chi connectivity index (χ1v) is 20.7. The summed E-state index contributed by atoms with van der Waals surface area (Å²) < 4.78 is 15.2. The number of carbonyl (C=O) groups is 1. The monoisotopic (exact) mass is 737 g/mol. The zero-order valence-corrected chi connectivity index (χ0v) is 32.6. The molecule has 1 saturated heterocycles. The molecule has 8 rings (SSSR count). The van der Waals surface area contributed by atoms with Gasteiger partial charge in [0.05, 0.1) is 49.1 Å². The Hall–Kier alpha value is -3.63. The van der Waals surface area contributed by atoms with Crippen LogP contribution in [0.25, 0.3) is 0 Å². The Bertz CT molecular complexity index is 1780. The molecule has 2 aromatic carbocycles. The predicted molar refractivity (Wildman–Crippen MR) is 206 cm³/mol. The van der Waals surface area contributed by atoms with Crippen LogP contribution in [-0.2, 0) is 34.0 Å². The molecular formula is C44H59N5O5. The van der Waals surface area contributed by atoms with Crippen molar-refractivity contribution in [3.05, 3.63) is 87.7 Å². The van der Waals surface area contributed by atoms with Gasteiger partial charge < -0.3 is 14.8 Å². The maximum absolute atomic E-state index is 13.1. The molecule has 5 aliphatic rings. The topological polar surface area (TPSA) is 121 Å². The van der Waals surface area contributed by atoms with Crippen LogP contribution in [0.3, 0.4) is 0 Å². The van der Waals surface area contributed by atoms with Crippen molar-refractivity contribution in [2.45, 2.75) is 130 Å². The third-order valence-electron chi connectivity index (χ3n) is 15.4. The van der Waals surface area contributed by atoms with Crippen LogP contribution >= 0.6 is 0 Å².